The van der Waals surface area contributed by atoms with Crippen molar-refractivity contribution in [1.82, 2.24) is 14.6 Å². The highest BCUT2D eigenvalue weighted by molar-refractivity contribution is 5.82. The number of nitrogens with zero attached hydrogens (tertiary/aromatic N) is 3. The van der Waals surface area contributed by atoms with E-state index in [1.54, 1.807) is 19.2 Å². The van der Waals surface area contributed by atoms with Gasteiger partial charge in [0.15, 0.2) is 5.65 Å². The van der Waals surface area contributed by atoms with Crippen LogP contribution in [0.2, 0.25) is 0 Å². The maximum absolute atomic E-state index is 13.1. The van der Waals surface area contributed by atoms with E-state index in [1.807, 2.05) is 54.6 Å². The van der Waals surface area contributed by atoms with Crippen molar-refractivity contribution in [1.29, 1.82) is 0 Å². The SMILES string of the molecule is COc1ccc(-c2c(Cc3ccccc3)[nH]n3c(=O)cc(-c4ccc(N(O)O)cc4)nc23)cc1. The van der Waals surface area contributed by atoms with Crippen molar-refractivity contribution in [2.75, 3.05) is 12.3 Å². The fourth-order valence-electron chi connectivity index (χ4n) is 3.99. The fraction of sp³-hybridized carbons (Fsp3) is 0.0769. The number of rotatable bonds is 6. The summed E-state index contributed by atoms with van der Waals surface area (Å²) in [5, 5.41) is 21.7. The minimum Gasteiger partial charge on any atom is -0.497 e. The number of ether oxygens (including phenoxy) is 1. The number of hydrogen-bond donors (Lipinski definition) is 3. The van der Waals surface area contributed by atoms with E-state index in [1.165, 1.54) is 22.7 Å². The molecule has 170 valence electrons. The van der Waals surface area contributed by atoms with Gasteiger partial charge in [-0.15, -0.1) is 5.23 Å². The largest absolute Gasteiger partial charge is 0.497 e. The summed E-state index contributed by atoms with van der Waals surface area (Å²) in [5.41, 5.74) is 5.33. The van der Waals surface area contributed by atoms with E-state index in [2.05, 4.69) is 5.10 Å². The van der Waals surface area contributed by atoms with Crippen molar-refractivity contribution in [3.8, 4) is 28.1 Å². The zero-order valence-electron chi connectivity index (χ0n) is 18.3. The normalized spacial score (nSPS) is 11.0. The number of hydrogen-bond acceptors (Lipinski definition) is 6. The minimum atomic E-state index is -0.246. The number of nitrogens with one attached hydrogen (secondary N) is 1. The van der Waals surface area contributed by atoms with Gasteiger partial charge in [0, 0.05) is 29.3 Å². The molecule has 0 aliphatic carbocycles. The highest BCUT2D eigenvalue weighted by atomic mass is 16.8. The highest BCUT2D eigenvalue weighted by Gasteiger charge is 2.18. The molecule has 0 bridgehead atoms. The summed E-state index contributed by atoms with van der Waals surface area (Å²) in [5.74, 6) is 0.737. The third kappa shape index (κ3) is 4.03. The molecule has 0 saturated heterocycles. The van der Waals surface area contributed by atoms with E-state index in [4.69, 9.17) is 9.72 Å². The van der Waals surface area contributed by atoms with Crippen molar-refractivity contribution < 1.29 is 15.2 Å². The molecule has 0 amide bonds. The Balaban J connectivity index is 1.70. The van der Waals surface area contributed by atoms with Crippen LogP contribution in [0.4, 0.5) is 5.69 Å². The lowest BCUT2D eigenvalue weighted by molar-refractivity contribution is 0.0291. The second kappa shape index (κ2) is 8.86. The zero-order chi connectivity index (χ0) is 23.7. The summed E-state index contributed by atoms with van der Waals surface area (Å²) >= 11 is 0. The van der Waals surface area contributed by atoms with Gasteiger partial charge in [0.25, 0.3) is 5.56 Å². The number of aromatic nitrogens is 3. The lowest BCUT2D eigenvalue weighted by Crippen LogP contribution is -2.14. The van der Waals surface area contributed by atoms with Gasteiger partial charge in [-0.25, -0.2) is 9.50 Å². The summed E-state index contributed by atoms with van der Waals surface area (Å²) in [6.45, 7) is 0. The molecule has 0 saturated carbocycles. The molecule has 2 aromatic heterocycles. The lowest BCUT2D eigenvalue weighted by atomic mass is 10.0. The number of fused-ring (bicyclic) bond motifs is 1. The van der Waals surface area contributed by atoms with E-state index in [-0.39, 0.29) is 16.5 Å². The van der Waals surface area contributed by atoms with Gasteiger partial charge in [0.2, 0.25) is 0 Å². The Labute approximate surface area is 194 Å². The van der Waals surface area contributed by atoms with Crippen molar-refractivity contribution in [2.45, 2.75) is 6.42 Å². The van der Waals surface area contributed by atoms with Crippen molar-refractivity contribution in [3.05, 3.63) is 107 Å². The monoisotopic (exact) mass is 454 g/mol. The summed E-state index contributed by atoms with van der Waals surface area (Å²) < 4.78 is 6.76. The molecule has 5 rings (SSSR count). The van der Waals surface area contributed by atoms with Crippen LogP contribution in [0, 0.1) is 0 Å². The van der Waals surface area contributed by atoms with Gasteiger partial charge < -0.3 is 4.74 Å². The van der Waals surface area contributed by atoms with Crippen LogP contribution in [-0.4, -0.2) is 32.1 Å². The van der Waals surface area contributed by atoms with Crippen LogP contribution in [0.1, 0.15) is 11.3 Å². The van der Waals surface area contributed by atoms with Gasteiger partial charge in [0.05, 0.1) is 18.5 Å². The molecule has 0 radical (unpaired) electrons. The van der Waals surface area contributed by atoms with Crippen LogP contribution in [0.15, 0.2) is 89.7 Å². The average Bonchev–Trinajstić information content (AvgIpc) is 3.23. The molecular formula is C26H22N4O4. The molecule has 0 aliphatic rings. The van der Waals surface area contributed by atoms with E-state index in [0.717, 1.165) is 28.1 Å². The molecule has 34 heavy (non-hydrogen) atoms. The van der Waals surface area contributed by atoms with E-state index in [9.17, 15) is 15.2 Å². The van der Waals surface area contributed by atoms with Gasteiger partial charge in [-0.3, -0.25) is 20.3 Å². The van der Waals surface area contributed by atoms with Crippen LogP contribution in [0.25, 0.3) is 28.0 Å². The number of methoxy groups -OCH3 is 1. The topological polar surface area (TPSA) is 103 Å². The molecule has 3 aromatic carbocycles. The predicted molar refractivity (Wildman–Crippen MR) is 129 cm³/mol. The maximum Gasteiger partial charge on any atom is 0.273 e. The number of anilines is 1. The van der Waals surface area contributed by atoms with Crippen LogP contribution >= 0.6 is 0 Å². The first-order chi connectivity index (χ1) is 16.5. The Bertz CT molecular complexity index is 1490. The standard InChI is InChI=1S/C26H22N4O4/c1-34-21-13-9-19(10-14-21)25-23(15-17-5-3-2-4-6-17)28-29-24(31)16-22(27-26(25)29)18-7-11-20(12-8-18)30(32)33/h2-14,16,28,32-33H,15H2,1H3. The average molecular weight is 454 g/mol. The van der Waals surface area contributed by atoms with E-state index in [0.29, 0.717) is 23.3 Å². The van der Waals surface area contributed by atoms with Crippen LogP contribution < -0.4 is 15.5 Å². The molecule has 5 aromatic rings. The number of H-pyrrole nitrogens is 1. The fourth-order valence-corrected chi connectivity index (χ4v) is 3.99. The third-order valence-corrected chi connectivity index (χ3v) is 5.69. The predicted octanol–water partition coefficient (Wildman–Crippen LogP) is 4.54. The van der Waals surface area contributed by atoms with Crippen molar-refractivity contribution >= 4 is 11.3 Å². The van der Waals surface area contributed by atoms with Crippen molar-refractivity contribution in [3.63, 3.8) is 0 Å². The maximum atomic E-state index is 13.1. The van der Waals surface area contributed by atoms with Crippen LogP contribution in [-0.2, 0) is 6.42 Å². The van der Waals surface area contributed by atoms with Gasteiger partial charge in [-0.05, 0) is 35.4 Å². The lowest BCUT2D eigenvalue weighted by Gasteiger charge is -2.09. The minimum absolute atomic E-state index is 0.0408. The van der Waals surface area contributed by atoms with Crippen LogP contribution in [0.5, 0.6) is 5.75 Å². The summed E-state index contributed by atoms with van der Waals surface area (Å²) in [6, 6.07) is 25.5. The Morgan fingerprint density at radius 2 is 1.62 bits per heavy atom. The van der Waals surface area contributed by atoms with Gasteiger partial charge in [0.1, 0.15) is 5.75 Å². The molecule has 0 fully saturated rings. The molecule has 0 atom stereocenters. The Kier molecular flexibility index (Phi) is 5.59. The third-order valence-electron chi connectivity index (χ3n) is 5.69. The Morgan fingerprint density at radius 1 is 0.941 bits per heavy atom. The molecule has 2 heterocycles. The molecule has 0 aliphatic heterocycles. The van der Waals surface area contributed by atoms with Gasteiger partial charge >= 0.3 is 0 Å². The molecular weight excluding hydrogens is 432 g/mol. The summed E-state index contributed by atoms with van der Waals surface area (Å²) in [4.78, 5) is 17.9. The second-order valence-electron chi connectivity index (χ2n) is 7.83. The number of benzene rings is 3. The zero-order valence-corrected chi connectivity index (χ0v) is 18.3. The van der Waals surface area contributed by atoms with E-state index < -0.39 is 0 Å². The highest BCUT2D eigenvalue weighted by Crippen LogP contribution is 2.31. The molecule has 3 N–H and O–H groups in total. The van der Waals surface area contributed by atoms with Gasteiger partial charge in [-0.2, -0.15) is 0 Å². The van der Waals surface area contributed by atoms with Gasteiger partial charge in [-0.1, -0.05) is 54.6 Å². The van der Waals surface area contributed by atoms with Crippen LogP contribution in [0.3, 0.4) is 0 Å². The first-order valence-electron chi connectivity index (χ1n) is 10.6. The summed E-state index contributed by atoms with van der Waals surface area (Å²) in [6.07, 6.45) is 0.595. The smallest absolute Gasteiger partial charge is 0.273 e. The Hall–Kier alpha value is -4.40. The van der Waals surface area contributed by atoms with Crippen molar-refractivity contribution in [2.24, 2.45) is 0 Å². The molecule has 8 nitrogen and oxygen atoms in total. The molecule has 0 spiro atoms. The van der Waals surface area contributed by atoms with E-state index >= 15 is 0 Å². The summed E-state index contributed by atoms with van der Waals surface area (Å²) in [7, 11) is 1.62. The first kappa shape index (κ1) is 21.4. The number of aromatic amines is 1. The Morgan fingerprint density at radius 3 is 2.26 bits per heavy atom. The molecule has 0 unspecified atom stereocenters. The molecule has 8 heteroatoms. The second-order valence-corrected chi connectivity index (χ2v) is 7.83. The quantitative estimate of drug-likeness (QED) is 0.326. The first-order valence-corrected chi connectivity index (χ1v) is 10.6.